The zero-order valence-corrected chi connectivity index (χ0v) is 18.1. The molecule has 0 saturated carbocycles. The molecule has 162 valence electrons. The van der Waals surface area contributed by atoms with E-state index in [1.54, 1.807) is 25.4 Å². The van der Waals surface area contributed by atoms with Crippen LogP contribution in [-0.4, -0.2) is 22.6 Å². The maximum absolute atomic E-state index is 13.2. The molecule has 1 unspecified atom stereocenters. The highest BCUT2D eigenvalue weighted by Crippen LogP contribution is 2.29. The van der Waals surface area contributed by atoms with Crippen molar-refractivity contribution >= 4 is 5.91 Å². The molecule has 6 heteroatoms. The Morgan fingerprint density at radius 3 is 2.56 bits per heavy atom. The van der Waals surface area contributed by atoms with E-state index in [0.717, 1.165) is 11.1 Å². The van der Waals surface area contributed by atoms with Crippen molar-refractivity contribution in [3.63, 3.8) is 0 Å². The summed E-state index contributed by atoms with van der Waals surface area (Å²) in [5, 5.41) is 3.11. The van der Waals surface area contributed by atoms with Crippen LogP contribution in [-0.2, 0) is 13.7 Å². The summed E-state index contributed by atoms with van der Waals surface area (Å²) in [6.45, 7) is 0.434. The smallest absolute Gasteiger partial charge is 0.252 e. The number of carbonyl (C=O) groups excluding carboxylic acids is 1. The van der Waals surface area contributed by atoms with E-state index in [-0.39, 0.29) is 5.91 Å². The number of imidazole rings is 1. The van der Waals surface area contributed by atoms with Gasteiger partial charge in [-0.15, -0.1) is 0 Å². The van der Waals surface area contributed by atoms with E-state index in [1.807, 2.05) is 84.5 Å². The second-order valence-corrected chi connectivity index (χ2v) is 7.35. The van der Waals surface area contributed by atoms with Crippen LogP contribution in [0.3, 0.4) is 0 Å². The number of ether oxygens (including phenoxy) is 2. The fourth-order valence-corrected chi connectivity index (χ4v) is 3.52. The average molecular weight is 428 g/mol. The third kappa shape index (κ3) is 4.81. The van der Waals surface area contributed by atoms with Crippen molar-refractivity contribution in [2.45, 2.75) is 12.6 Å². The van der Waals surface area contributed by atoms with Gasteiger partial charge in [-0.25, -0.2) is 4.98 Å². The SMILES string of the molecule is COc1ccccc1C(NC(=O)c1cccc(OCc2ccccc2)c1)c1nccn1C. The first-order valence-corrected chi connectivity index (χ1v) is 10.3. The quantitative estimate of drug-likeness (QED) is 0.449. The molecule has 0 aliphatic heterocycles. The Bertz CT molecular complexity index is 1190. The molecular weight excluding hydrogens is 402 g/mol. The lowest BCUT2D eigenvalue weighted by Gasteiger charge is -2.21. The molecule has 1 amide bonds. The Morgan fingerprint density at radius 1 is 1.03 bits per heavy atom. The summed E-state index contributed by atoms with van der Waals surface area (Å²) in [5.41, 5.74) is 2.40. The fraction of sp³-hybridized carbons (Fsp3) is 0.154. The van der Waals surface area contributed by atoms with Crippen molar-refractivity contribution in [1.29, 1.82) is 0 Å². The maximum Gasteiger partial charge on any atom is 0.252 e. The van der Waals surface area contributed by atoms with E-state index in [4.69, 9.17) is 9.47 Å². The van der Waals surface area contributed by atoms with E-state index < -0.39 is 6.04 Å². The molecule has 1 atom stereocenters. The molecule has 0 spiro atoms. The molecule has 0 aliphatic rings. The van der Waals surface area contributed by atoms with Crippen LogP contribution in [0.2, 0.25) is 0 Å². The highest BCUT2D eigenvalue weighted by Gasteiger charge is 2.24. The lowest BCUT2D eigenvalue weighted by molar-refractivity contribution is 0.0940. The molecule has 0 saturated heterocycles. The number of rotatable bonds is 8. The number of hydrogen-bond donors (Lipinski definition) is 1. The Balaban J connectivity index is 1.57. The molecule has 0 aliphatic carbocycles. The Morgan fingerprint density at radius 2 is 1.81 bits per heavy atom. The zero-order valence-electron chi connectivity index (χ0n) is 18.1. The molecule has 1 aromatic heterocycles. The molecule has 0 fully saturated rings. The van der Waals surface area contributed by atoms with Crippen LogP contribution in [0.15, 0.2) is 91.3 Å². The third-order valence-electron chi connectivity index (χ3n) is 5.19. The van der Waals surface area contributed by atoms with Gasteiger partial charge in [-0.2, -0.15) is 0 Å². The van der Waals surface area contributed by atoms with E-state index in [9.17, 15) is 4.79 Å². The van der Waals surface area contributed by atoms with Gasteiger partial charge in [0.1, 0.15) is 30.0 Å². The summed E-state index contributed by atoms with van der Waals surface area (Å²) in [7, 11) is 3.51. The van der Waals surface area contributed by atoms with Crippen molar-refractivity contribution < 1.29 is 14.3 Å². The molecule has 1 N–H and O–H groups in total. The van der Waals surface area contributed by atoms with Gasteiger partial charge in [-0.3, -0.25) is 4.79 Å². The van der Waals surface area contributed by atoms with E-state index >= 15 is 0 Å². The number of hydrogen-bond acceptors (Lipinski definition) is 4. The summed E-state index contributed by atoms with van der Waals surface area (Å²) in [6, 6.07) is 24.2. The van der Waals surface area contributed by atoms with Crippen molar-refractivity contribution in [2.24, 2.45) is 7.05 Å². The first kappa shape index (κ1) is 21.2. The number of benzene rings is 3. The number of amides is 1. The molecule has 3 aromatic carbocycles. The van der Waals surface area contributed by atoms with Gasteiger partial charge in [-0.1, -0.05) is 54.6 Å². The summed E-state index contributed by atoms with van der Waals surface area (Å²) in [5.74, 6) is 1.79. The largest absolute Gasteiger partial charge is 0.496 e. The van der Waals surface area contributed by atoms with Crippen molar-refractivity contribution in [1.82, 2.24) is 14.9 Å². The number of aromatic nitrogens is 2. The minimum absolute atomic E-state index is 0.228. The highest BCUT2D eigenvalue weighted by molar-refractivity contribution is 5.95. The zero-order chi connectivity index (χ0) is 22.3. The predicted octanol–water partition coefficient (Wildman–Crippen LogP) is 4.53. The monoisotopic (exact) mass is 427 g/mol. The van der Waals surface area contributed by atoms with Gasteiger partial charge < -0.3 is 19.4 Å². The molecular formula is C26H25N3O3. The van der Waals surface area contributed by atoms with Crippen LogP contribution in [0.4, 0.5) is 0 Å². The fourth-order valence-electron chi connectivity index (χ4n) is 3.52. The number of nitrogens with one attached hydrogen (secondary N) is 1. The van der Waals surface area contributed by atoms with E-state index in [0.29, 0.717) is 29.5 Å². The van der Waals surface area contributed by atoms with Crippen molar-refractivity contribution in [2.75, 3.05) is 7.11 Å². The van der Waals surface area contributed by atoms with Crippen molar-refractivity contribution in [3.8, 4) is 11.5 Å². The van der Waals surface area contributed by atoms with Crippen LogP contribution in [0, 0.1) is 0 Å². The molecule has 4 aromatic rings. The summed E-state index contributed by atoms with van der Waals surface area (Å²) < 4.78 is 13.3. The number of aryl methyl sites for hydroxylation is 1. The number of para-hydroxylation sites is 1. The average Bonchev–Trinajstić information content (AvgIpc) is 3.27. The van der Waals surface area contributed by atoms with E-state index in [1.165, 1.54) is 0 Å². The van der Waals surface area contributed by atoms with Crippen LogP contribution in [0.5, 0.6) is 11.5 Å². The van der Waals surface area contributed by atoms with E-state index in [2.05, 4.69) is 10.3 Å². The molecule has 4 rings (SSSR count). The molecule has 1 heterocycles. The van der Waals surface area contributed by atoms with Gasteiger partial charge in [0.15, 0.2) is 0 Å². The number of nitrogens with zero attached hydrogens (tertiary/aromatic N) is 2. The van der Waals surface area contributed by atoms with Gasteiger partial charge in [0, 0.05) is 30.6 Å². The van der Waals surface area contributed by atoms with Crippen LogP contribution in [0.1, 0.15) is 33.4 Å². The topological polar surface area (TPSA) is 65.4 Å². The van der Waals surface area contributed by atoms with Crippen molar-refractivity contribution in [3.05, 3.63) is 114 Å². The van der Waals surface area contributed by atoms with Gasteiger partial charge in [0.05, 0.1) is 7.11 Å². The van der Waals surface area contributed by atoms with Crippen LogP contribution >= 0.6 is 0 Å². The van der Waals surface area contributed by atoms with Gasteiger partial charge in [0.25, 0.3) is 5.91 Å². The predicted molar refractivity (Wildman–Crippen MR) is 123 cm³/mol. The van der Waals surface area contributed by atoms with Crippen LogP contribution in [0.25, 0.3) is 0 Å². The second kappa shape index (κ2) is 9.83. The normalized spacial score (nSPS) is 11.6. The maximum atomic E-state index is 13.2. The van der Waals surface area contributed by atoms with Gasteiger partial charge in [-0.05, 0) is 29.8 Å². The van der Waals surface area contributed by atoms with Crippen LogP contribution < -0.4 is 14.8 Å². The summed E-state index contributed by atoms with van der Waals surface area (Å²) in [4.78, 5) is 17.7. The highest BCUT2D eigenvalue weighted by atomic mass is 16.5. The third-order valence-corrected chi connectivity index (χ3v) is 5.19. The molecule has 32 heavy (non-hydrogen) atoms. The summed E-state index contributed by atoms with van der Waals surface area (Å²) in [6.07, 6.45) is 3.56. The molecule has 6 nitrogen and oxygen atoms in total. The minimum Gasteiger partial charge on any atom is -0.496 e. The van der Waals surface area contributed by atoms with Gasteiger partial charge >= 0.3 is 0 Å². The van der Waals surface area contributed by atoms with Gasteiger partial charge in [0.2, 0.25) is 0 Å². The Kier molecular flexibility index (Phi) is 6.51. The lowest BCUT2D eigenvalue weighted by Crippen LogP contribution is -2.31. The second-order valence-electron chi connectivity index (χ2n) is 7.35. The first-order chi connectivity index (χ1) is 15.7. The molecule has 0 radical (unpaired) electrons. The molecule has 0 bridgehead atoms. The minimum atomic E-state index is -0.479. The lowest BCUT2D eigenvalue weighted by atomic mass is 10.0. The summed E-state index contributed by atoms with van der Waals surface area (Å²) >= 11 is 0. The first-order valence-electron chi connectivity index (χ1n) is 10.3. The standard InChI is InChI=1S/C26H25N3O3/c1-29-16-15-27-25(29)24(22-13-6-7-14-23(22)31-2)28-26(30)20-11-8-12-21(17-20)32-18-19-9-4-3-5-10-19/h3-17,24H,18H2,1-2H3,(H,28,30). The Labute approximate surface area is 187 Å². The Hall–Kier alpha value is -4.06. The number of methoxy groups -OCH3 is 1. The number of carbonyl (C=O) groups is 1.